The molecule has 0 N–H and O–H groups in total. The first-order valence-corrected chi connectivity index (χ1v) is 11.9. The second-order valence-corrected chi connectivity index (χ2v) is 10.7. The Morgan fingerprint density at radius 1 is 0.633 bits per heavy atom. The van der Waals surface area contributed by atoms with E-state index in [4.69, 9.17) is 4.74 Å². The van der Waals surface area contributed by atoms with E-state index in [-0.39, 0.29) is 12.4 Å². The molecule has 0 saturated heterocycles. The van der Waals surface area contributed by atoms with Crippen LogP contribution < -0.4 is 33.1 Å². The van der Waals surface area contributed by atoms with E-state index < -0.39 is 7.26 Å². The summed E-state index contributed by atoms with van der Waals surface area (Å²) < 4.78 is 5.72. The van der Waals surface area contributed by atoms with Gasteiger partial charge in [-0.3, -0.25) is 0 Å². The van der Waals surface area contributed by atoms with Crippen molar-refractivity contribution in [3.63, 3.8) is 0 Å². The molecule has 0 atom stereocenters. The van der Waals surface area contributed by atoms with Gasteiger partial charge >= 0.3 is 0 Å². The van der Waals surface area contributed by atoms with Crippen molar-refractivity contribution in [3.8, 4) is 5.75 Å². The Morgan fingerprint density at radius 2 is 1.13 bits per heavy atom. The Balaban J connectivity index is 0.00000256. The highest BCUT2D eigenvalue weighted by Crippen LogP contribution is 2.59. The van der Waals surface area contributed by atoms with Gasteiger partial charge in [0.15, 0.2) is 0 Å². The summed E-state index contributed by atoms with van der Waals surface area (Å²) in [7, 11) is -0.174. The topological polar surface area (TPSA) is 9.23 Å². The molecule has 0 amide bonds. The van der Waals surface area contributed by atoms with Crippen LogP contribution in [0.15, 0.2) is 109 Å². The first kappa shape index (κ1) is 22.1. The molecule has 0 saturated carbocycles. The van der Waals surface area contributed by atoms with Gasteiger partial charge in [-0.15, -0.1) is 0 Å². The van der Waals surface area contributed by atoms with Gasteiger partial charge in [-0.1, -0.05) is 72.8 Å². The van der Waals surface area contributed by atoms with Crippen LogP contribution in [0.4, 0.5) is 0 Å². The van der Waals surface area contributed by atoms with Crippen LogP contribution in [0.25, 0.3) is 0 Å². The molecule has 4 rings (SSSR count). The number of benzene rings is 4. The van der Waals surface area contributed by atoms with Gasteiger partial charge in [-0.25, -0.2) is 0 Å². The van der Waals surface area contributed by atoms with Crippen molar-refractivity contribution < 1.29 is 17.1 Å². The summed E-state index contributed by atoms with van der Waals surface area (Å²) in [6, 6.07) is 39.4. The first-order valence-electron chi connectivity index (χ1n) is 9.93. The Bertz CT molecular complexity index is 1030. The van der Waals surface area contributed by atoms with Crippen molar-refractivity contribution >= 4 is 23.2 Å². The molecule has 30 heavy (non-hydrogen) atoms. The molecule has 0 aliphatic carbocycles. The van der Waals surface area contributed by atoms with E-state index in [1.54, 1.807) is 7.11 Å². The Kier molecular flexibility index (Phi) is 7.32. The second kappa shape index (κ2) is 9.94. The molecule has 3 heteroatoms. The third kappa shape index (κ3) is 4.15. The number of ether oxygens (including phenoxy) is 1. The maximum atomic E-state index is 5.72. The minimum absolute atomic E-state index is 0. The zero-order valence-electron chi connectivity index (χ0n) is 17.3. The Morgan fingerprint density at radius 3 is 1.63 bits per heavy atom. The van der Waals surface area contributed by atoms with E-state index in [0.29, 0.717) is 0 Å². The lowest BCUT2D eigenvalue weighted by molar-refractivity contribution is -0.00000601. The van der Waals surface area contributed by atoms with Crippen molar-refractivity contribution in [2.24, 2.45) is 0 Å². The summed E-state index contributed by atoms with van der Waals surface area (Å²) in [5.41, 5.74) is 2.59. The molecule has 0 aliphatic heterocycles. The van der Waals surface area contributed by atoms with Crippen LogP contribution >= 0.6 is 7.26 Å². The number of halogens is 1. The Hall–Kier alpha value is -2.60. The largest absolute Gasteiger partial charge is 1.00 e. The monoisotopic (exact) mass is 432 g/mol. The maximum Gasteiger partial charge on any atom is 0.125 e. The molecule has 1 nitrogen and oxygen atoms in total. The van der Waals surface area contributed by atoms with Crippen molar-refractivity contribution in [1.29, 1.82) is 0 Å². The average molecular weight is 433 g/mol. The molecule has 152 valence electrons. The van der Waals surface area contributed by atoms with E-state index in [1.165, 1.54) is 27.0 Å². The van der Waals surface area contributed by atoms with Crippen LogP contribution in [-0.4, -0.2) is 7.11 Å². The standard InChI is InChI=1S/C27H26OP.ClH/c1-22-26(28-2)19-12-20-27(22)29(24-15-8-4-9-16-24,25-17-10-5-11-18-25)21-23-13-6-3-7-14-23;/h3-20H,21H2,1-2H3;1H/q+1;/p-1. The number of hydrogen-bond donors (Lipinski definition) is 0. The van der Waals surface area contributed by atoms with Crippen LogP contribution in [-0.2, 0) is 6.16 Å². The summed E-state index contributed by atoms with van der Waals surface area (Å²) in [5, 5.41) is 4.18. The van der Waals surface area contributed by atoms with E-state index in [2.05, 4.69) is 116 Å². The zero-order chi connectivity index (χ0) is 20.1. The van der Waals surface area contributed by atoms with Gasteiger partial charge in [0.2, 0.25) is 0 Å². The van der Waals surface area contributed by atoms with Crippen molar-refractivity contribution in [2.45, 2.75) is 13.1 Å². The van der Waals surface area contributed by atoms with E-state index in [1.807, 2.05) is 0 Å². The molecule has 0 bridgehead atoms. The summed E-state index contributed by atoms with van der Waals surface area (Å²) >= 11 is 0. The summed E-state index contributed by atoms with van der Waals surface area (Å²) in [5.74, 6) is 0.951. The molecule has 4 aromatic carbocycles. The average Bonchev–Trinajstić information content (AvgIpc) is 2.80. The normalized spacial score (nSPS) is 10.9. The minimum Gasteiger partial charge on any atom is -1.00 e. The van der Waals surface area contributed by atoms with E-state index in [9.17, 15) is 0 Å². The van der Waals surface area contributed by atoms with Crippen molar-refractivity contribution in [1.82, 2.24) is 0 Å². The fourth-order valence-corrected chi connectivity index (χ4v) is 8.69. The van der Waals surface area contributed by atoms with Gasteiger partial charge in [-0.05, 0) is 48.9 Å². The second-order valence-electron chi connectivity index (χ2n) is 7.23. The third-order valence-corrected chi connectivity index (χ3v) is 10.0. The molecule has 0 heterocycles. The van der Waals surface area contributed by atoms with E-state index in [0.717, 1.165) is 11.9 Å². The lowest BCUT2D eigenvalue weighted by Crippen LogP contribution is -3.00. The smallest absolute Gasteiger partial charge is 0.125 e. The highest BCUT2D eigenvalue weighted by molar-refractivity contribution is 7.95. The highest BCUT2D eigenvalue weighted by Gasteiger charge is 2.46. The van der Waals surface area contributed by atoms with Crippen LogP contribution in [0.5, 0.6) is 5.75 Å². The molecular weight excluding hydrogens is 407 g/mol. The van der Waals surface area contributed by atoms with Crippen LogP contribution in [0.2, 0.25) is 0 Å². The number of methoxy groups -OCH3 is 1. The number of rotatable bonds is 6. The third-order valence-electron chi connectivity index (χ3n) is 5.54. The zero-order valence-corrected chi connectivity index (χ0v) is 19.0. The van der Waals surface area contributed by atoms with E-state index >= 15 is 0 Å². The molecule has 0 aromatic heterocycles. The minimum atomic E-state index is -1.93. The predicted molar refractivity (Wildman–Crippen MR) is 127 cm³/mol. The predicted octanol–water partition coefficient (Wildman–Crippen LogP) is 2.50. The van der Waals surface area contributed by atoms with Gasteiger partial charge in [0.05, 0.1) is 13.3 Å². The maximum absolute atomic E-state index is 5.72. The van der Waals surface area contributed by atoms with Crippen molar-refractivity contribution in [3.05, 3.63) is 120 Å². The van der Waals surface area contributed by atoms with Crippen LogP contribution in [0.1, 0.15) is 11.1 Å². The highest BCUT2D eigenvalue weighted by atomic mass is 35.5. The van der Waals surface area contributed by atoms with Gasteiger partial charge in [-0.2, -0.15) is 0 Å². The fraction of sp³-hybridized carbons (Fsp3) is 0.111. The van der Waals surface area contributed by atoms with Gasteiger partial charge < -0.3 is 17.1 Å². The first-order chi connectivity index (χ1) is 14.3. The molecule has 0 spiro atoms. The summed E-state index contributed by atoms with van der Waals surface area (Å²) in [4.78, 5) is 0. The lowest BCUT2D eigenvalue weighted by atomic mass is 10.2. The molecule has 0 radical (unpaired) electrons. The molecule has 0 fully saturated rings. The van der Waals surface area contributed by atoms with Crippen LogP contribution in [0.3, 0.4) is 0 Å². The van der Waals surface area contributed by atoms with Crippen molar-refractivity contribution in [2.75, 3.05) is 7.11 Å². The Labute approximate surface area is 186 Å². The van der Waals surface area contributed by atoms with Gasteiger partial charge in [0.1, 0.15) is 28.9 Å². The molecule has 0 unspecified atom stereocenters. The van der Waals surface area contributed by atoms with Gasteiger partial charge in [0, 0.05) is 5.56 Å². The molecular formula is C27H26ClOP. The summed E-state index contributed by atoms with van der Waals surface area (Å²) in [6.45, 7) is 2.19. The molecule has 0 aliphatic rings. The van der Waals surface area contributed by atoms with Gasteiger partial charge in [0.25, 0.3) is 0 Å². The summed E-state index contributed by atoms with van der Waals surface area (Å²) in [6.07, 6.45) is 0.982. The van der Waals surface area contributed by atoms with Crippen LogP contribution in [0, 0.1) is 6.92 Å². The molecule has 4 aromatic rings. The SMILES string of the molecule is COc1cccc([P+](Cc2ccccc2)(c2ccccc2)c2ccccc2)c1C.[Cl-]. The quantitative estimate of drug-likeness (QED) is 0.425. The lowest BCUT2D eigenvalue weighted by Gasteiger charge is -2.29. The fourth-order valence-electron chi connectivity index (χ4n) is 4.15. The number of hydrogen-bond acceptors (Lipinski definition) is 1.